The largest absolute Gasteiger partial charge is 0.354 e. The Balaban J connectivity index is 1.60. The normalized spacial score (nSPS) is 16.0. The number of aromatic amines is 1. The van der Waals surface area contributed by atoms with E-state index in [1.54, 1.807) is 6.92 Å². The van der Waals surface area contributed by atoms with Gasteiger partial charge in [-0.2, -0.15) is 0 Å². The van der Waals surface area contributed by atoms with Gasteiger partial charge in [0.25, 0.3) is 5.16 Å². The second-order valence-corrected chi connectivity index (χ2v) is 7.77. The number of aromatic nitrogens is 3. The fraction of sp³-hybridized carbons (Fsp3) is 0.400. The third kappa shape index (κ3) is 3.42. The quantitative estimate of drug-likeness (QED) is 0.810. The number of carbonyl (C=O) groups is 1. The van der Waals surface area contributed by atoms with Crippen LogP contribution in [0.4, 0.5) is 0 Å². The third-order valence-electron chi connectivity index (χ3n) is 4.04. The predicted octanol–water partition coefficient (Wildman–Crippen LogP) is 0.735. The lowest BCUT2D eigenvalue weighted by Gasteiger charge is -2.16. The number of hydrogen-bond donors (Lipinski definition) is 2. The summed E-state index contributed by atoms with van der Waals surface area (Å²) >= 11 is 0. The van der Waals surface area contributed by atoms with Gasteiger partial charge in [-0.1, -0.05) is 30.3 Å². The van der Waals surface area contributed by atoms with Gasteiger partial charge in [-0.25, -0.2) is 13.4 Å². The van der Waals surface area contributed by atoms with Crippen molar-refractivity contribution in [3.8, 4) is 0 Å². The van der Waals surface area contributed by atoms with Gasteiger partial charge in [-0.3, -0.25) is 9.89 Å². The number of benzene rings is 1. The van der Waals surface area contributed by atoms with Gasteiger partial charge in [0.05, 0.1) is 0 Å². The van der Waals surface area contributed by atoms with E-state index in [-0.39, 0.29) is 10.6 Å². The number of nitrogens with one attached hydrogen (secondary N) is 2. The number of carbonyl (C=O) groups excluding carboxylic acids is 1. The summed E-state index contributed by atoms with van der Waals surface area (Å²) in [6.07, 6.45) is 1.98. The highest BCUT2D eigenvalue weighted by Gasteiger charge is 2.44. The van der Waals surface area contributed by atoms with E-state index in [1.807, 2.05) is 30.3 Å². The molecule has 23 heavy (non-hydrogen) atoms. The molecule has 7 nitrogen and oxygen atoms in total. The predicted molar refractivity (Wildman–Crippen MR) is 83.5 cm³/mol. The van der Waals surface area contributed by atoms with Crippen molar-refractivity contribution >= 4 is 15.7 Å². The van der Waals surface area contributed by atoms with Crippen LogP contribution >= 0.6 is 0 Å². The minimum atomic E-state index is -3.82. The van der Waals surface area contributed by atoms with E-state index in [1.165, 1.54) is 5.56 Å². The average Bonchev–Trinajstić information content (AvgIpc) is 3.19. The zero-order valence-corrected chi connectivity index (χ0v) is 13.6. The Morgan fingerprint density at radius 2 is 2.00 bits per heavy atom. The fourth-order valence-electron chi connectivity index (χ4n) is 2.53. The van der Waals surface area contributed by atoms with Gasteiger partial charge in [0, 0.05) is 12.0 Å². The maximum absolute atomic E-state index is 12.1. The van der Waals surface area contributed by atoms with Crippen LogP contribution in [0.5, 0.6) is 0 Å². The van der Waals surface area contributed by atoms with Crippen molar-refractivity contribution in [2.75, 3.05) is 12.3 Å². The topological polar surface area (TPSA) is 105 Å². The van der Waals surface area contributed by atoms with Crippen molar-refractivity contribution < 1.29 is 13.2 Å². The van der Waals surface area contributed by atoms with Gasteiger partial charge in [-0.15, -0.1) is 5.10 Å². The van der Waals surface area contributed by atoms with Crippen molar-refractivity contribution in [1.82, 2.24) is 20.5 Å². The Hall–Kier alpha value is -2.22. The molecule has 1 amide bonds. The second kappa shape index (κ2) is 5.77. The first-order chi connectivity index (χ1) is 10.9. The summed E-state index contributed by atoms with van der Waals surface area (Å²) in [6, 6.07) is 9.95. The Morgan fingerprint density at radius 1 is 1.30 bits per heavy atom. The summed E-state index contributed by atoms with van der Waals surface area (Å²) in [5, 5.41) is 8.46. The van der Waals surface area contributed by atoms with Crippen molar-refractivity contribution in [1.29, 1.82) is 0 Å². The van der Waals surface area contributed by atoms with E-state index in [0.29, 0.717) is 12.4 Å². The molecule has 0 unspecified atom stereocenters. The van der Waals surface area contributed by atoms with Gasteiger partial charge in [0.15, 0.2) is 0 Å². The smallest absolute Gasteiger partial charge is 0.267 e. The number of nitrogens with zero attached hydrogens (tertiary/aromatic N) is 2. The molecule has 0 aliphatic heterocycles. The van der Waals surface area contributed by atoms with E-state index >= 15 is 0 Å². The molecule has 0 radical (unpaired) electrons. The summed E-state index contributed by atoms with van der Waals surface area (Å²) in [6.45, 7) is 2.04. The molecule has 1 fully saturated rings. The van der Waals surface area contributed by atoms with Gasteiger partial charge in [-0.05, 0) is 25.3 Å². The highest BCUT2D eigenvalue weighted by Crippen LogP contribution is 2.47. The SMILES string of the molecule is Cc1nc(S(=O)(=O)CC(=O)NCC2(c3ccccc3)CC2)n[nH]1. The average molecular weight is 334 g/mol. The number of aryl methyl sites for hydroxylation is 1. The molecule has 0 bridgehead atoms. The number of hydrogen-bond acceptors (Lipinski definition) is 5. The van der Waals surface area contributed by atoms with Crippen molar-refractivity contribution in [2.45, 2.75) is 30.3 Å². The fourth-order valence-corrected chi connectivity index (χ4v) is 3.56. The Kier molecular flexibility index (Phi) is 3.93. The van der Waals surface area contributed by atoms with Crippen LogP contribution in [0.15, 0.2) is 35.5 Å². The lowest BCUT2D eigenvalue weighted by Crippen LogP contribution is -2.36. The van der Waals surface area contributed by atoms with E-state index in [9.17, 15) is 13.2 Å². The van der Waals surface area contributed by atoms with E-state index in [2.05, 4.69) is 20.5 Å². The monoisotopic (exact) mass is 334 g/mol. The molecule has 122 valence electrons. The lowest BCUT2D eigenvalue weighted by atomic mass is 9.96. The summed E-state index contributed by atoms with van der Waals surface area (Å²) in [5.41, 5.74) is 1.12. The number of sulfone groups is 1. The molecule has 1 saturated carbocycles. The summed E-state index contributed by atoms with van der Waals surface area (Å²) in [4.78, 5) is 15.8. The van der Waals surface area contributed by atoms with Gasteiger partial charge >= 0.3 is 0 Å². The first-order valence-corrected chi connectivity index (χ1v) is 9.01. The number of H-pyrrole nitrogens is 1. The van der Waals surface area contributed by atoms with Crippen LogP contribution in [-0.2, 0) is 20.0 Å². The van der Waals surface area contributed by atoms with E-state index in [4.69, 9.17) is 0 Å². The number of rotatable bonds is 6. The van der Waals surface area contributed by atoms with E-state index < -0.39 is 21.5 Å². The third-order valence-corrected chi connectivity index (χ3v) is 5.42. The van der Waals surface area contributed by atoms with Crippen LogP contribution in [0, 0.1) is 6.92 Å². The van der Waals surface area contributed by atoms with Gasteiger partial charge in [0.2, 0.25) is 15.7 Å². The Bertz CT molecular complexity index is 810. The summed E-state index contributed by atoms with van der Waals surface area (Å²) in [7, 11) is -3.82. The van der Waals surface area contributed by atoms with Crippen LogP contribution in [0.2, 0.25) is 0 Å². The summed E-state index contributed by atoms with van der Waals surface area (Å²) < 4.78 is 24.1. The second-order valence-electron chi connectivity index (χ2n) is 5.89. The van der Waals surface area contributed by atoms with Crippen molar-refractivity contribution in [3.05, 3.63) is 41.7 Å². The van der Waals surface area contributed by atoms with Crippen molar-refractivity contribution in [2.24, 2.45) is 0 Å². The molecule has 0 saturated heterocycles. The highest BCUT2D eigenvalue weighted by molar-refractivity contribution is 7.91. The zero-order valence-electron chi connectivity index (χ0n) is 12.7. The Labute approximate surface area is 134 Å². The summed E-state index contributed by atoms with van der Waals surface area (Å²) in [5.74, 6) is -0.783. The molecule has 2 aromatic rings. The molecular formula is C15H18N4O3S. The maximum atomic E-state index is 12.1. The van der Waals surface area contributed by atoms with Gasteiger partial charge < -0.3 is 5.32 Å². The van der Waals surface area contributed by atoms with Crippen LogP contribution < -0.4 is 5.32 Å². The first-order valence-electron chi connectivity index (χ1n) is 7.35. The highest BCUT2D eigenvalue weighted by atomic mass is 32.2. The molecule has 1 aliphatic rings. The molecule has 8 heteroatoms. The van der Waals surface area contributed by atoms with Crippen LogP contribution in [-0.4, -0.2) is 41.8 Å². The molecule has 1 heterocycles. The molecule has 0 spiro atoms. The van der Waals surface area contributed by atoms with Crippen LogP contribution in [0.3, 0.4) is 0 Å². The maximum Gasteiger partial charge on any atom is 0.267 e. The minimum absolute atomic E-state index is 0.0537. The standard InChI is InChI=1S/C15H18N4O3S/c1-11-17-14(19-18-11)23(21,22)9-13(20)16-10-15(7-8-15)12-5-3-2-4-6-12/h2-6H,7-10H2,1H3,(H,16,20)(H,17,18,19). The molecule has 3 rings (SSSR count). The molecule has 1 aliphatic carbocycles. The molecule has 0 atom stereocenters. The zero-order chi connectivity index (χ0) is 16.5. The first kappa shape index (κ1) is 15.7. The van der Waals surface area contributed by atoms with Crippen LogP contribution in [0.25, 0.3) is 0 Å². The van der Waals surface area contributed by atoms with E-state index in [0.717, 1.165) is 12.8 Å². The molecule has 2 N–H and O–H groups in total. The molecule has 1 aromatic heterocycles. The van der Waals surface area contributed by atoms with Crippen molar-refractivity contribution in [3.63, 3.8) is 0 Å². The van der Waals surface area contributed by atoms with Gasteiger partial charge in [0.1, 0.15) is 11.6 Å². The van der Waals surface area contributed by atoms with Crippen LogP contribution in [0.1, 0.15) is 24.2 Å². The lowest BCUT2D eigenvalue weighted by molar-refractivity contribution is -0.118. The molecular weight excluding hydrogens is 316 g/mol. The molecule has 1 aromatic carbocycles. The number of amides is 1. The minimum Gasteiger partial charge on any atom is -0.354 e. The Morgan fingerprint density at radius 3 is 2.57 bits per heavy atom.